The van der Waals surface area contributed by atoms with Gasteiger partial charge in [0.2, 0.25) is 0 Å². The summed E-state index contributed by atoms with van der Waals surface area (Å²) in [5.74, 6) is 4.68. The summed E-state index contributed by atoms with van der Waals surface area (Å²) >= 11 is 19.2. The molecule has 4 aromatic rings. The van der Waals surface area contributed by atoms with Crippen LogP contribution in [0.5, 0.6) is 5.75 Å². The predicted molar refractivity (Wildman–Crippen MR) is 139 cm³/mol. The molecule has 186 valence electrons. The van der Waals surface area contributed by atoms with Crippen LogP contribution in [0.15, 0.2) is 59.1 Å². The molecule has 1 aromatic heterocycles. The molecule has 5 rings (SSSR count). The molecular weight excluding hydrogens is 540 g/mol. The van der Waals surface area contributed by atoms with Gasteiger partial charge in [0.25, 0.3) is 0 Å². The van der Waals surface area contributed by atoms with Crippen LogP contribution in [0.1, 0.15) is 51.6 Å². The first-order chi connectivity index (χ1) is 17.8. The lowest BCUT2D eigenvalue weighted by molar-refractivity contribution is 0.0691. The number of nitrogens with zero attached hydrogens (tertiary/aromatic N) is 1. The molecule has 0 atom stereocenters. The van der Waals surface area contributed by atoms with Crippen molar-refractivity contribution in [1.29, 1.82) is 0 Å². The summed E-state index contributed by atoms with van der Waals surface area (Å²) in [5, 5.41) is 14.5. The zero-order chi connectivity index (χ0) is 26.1. The highest BCUT2D eigenvalue weighted by molar-refractivity contribution is 6.39. The summed E-state index contributed by atoms with van der Waals surface area (Å²) in [6.07, 6.45) is 2.01. The van der Waals surface area contributed by atoms with Gasteiger partial charge in [0.15, 0.2) is 5.82 Å². The third kappa shape index (κ3) is 5.30. The summed E-state index contributed by atoms with van der Waals surface area (Å²) in [6.45, 7) is 0.154. The van der Waals surface area contributed by atoms with Crippen LogP contribution in [-0.4, -0.2) is 16.2 Å². The highest BCUT2D eigenvalue weighted by Gasteiger charge is 2.33. The largest absolute Gasteiger partial charge is 0.489 e. The average Bonchev–Trinajstić information content (AvgIpc) is 3.63. The molecule has 1 aliphatic rings. The number of benzene rings is 3. The van der Waals surface area contributed by atoms with Crippen LogP contribution in [0, 0.1) is 17.7 Å². The minimum atomic E-state index is -1.36. The Balaban J connectivity index is 1.38. The van der Waals surface area contributed by atoms with E-state index in [9.17, 15) is 9.18 Å². The van der Waals surface area contributed by atoms with Crippen LogP contribution in [-0.2, 0) is 6.61 Å². The molecule has 0 spiro atoms. The standard InChI is InChI=1S/C28H17Cl3FNO4/c29-21-5-2-6-22(30)24(21)26-20(27(37-33-26)17-9-10-17)14-36-18-12-11-15(23(31)13-18)7-8-16-3-1-4-19(25(16)32)28(34)35/h1-6,11-13,17H,9-10,14H2,(H,34,35). The second-order valence-electron chi connectivity index (χ2n) is 8.40. The van der Waals surface area contributed by atoms with E-state index in [1.165, 1.54) is 18.2 Å². The third-order valence-electron chi connectivity index (χ3n) is 5.85. The Morgan fingerprint density at radius 3 is 2.41 bits per heavy atom. The number of rotatable bonds is 6. The van der Waals surface area contributed by atoms with Gasteiger partial charge in [-0.1, -0.05) is 63.9 Å². The summed E-state index contributed by atoms with van der Waals surface area (Å²) in [6, 6.07) is 14.2. The van der Waals surface area contributed by atoms with Crippen LogP contribution in [0.25, 0.3) is 11.3 Å². The molecule has 1 fully saturated rings. The van der Waals surface area contributed by atoms with E-state index in [1.54, 1.807) is 36.4 Å². The number of aromatic carboxylic acids is 1. The van der Waals surface area contributed by atoms with Crippen molar-refractivity contribution in [3.8, 4) is 28.8 Å². The highest BCUT2D eigenvalue weighted by Crippen LogP contribution is 2.46. The second kappa shape index (κ2) is 10.5. The maximum absolute atomic E-state index is 14.4. The minimum absolute atomic E-state index is 0.0397. The SMILES string of the molecule is O=C(O)c1cccc(C#Cc2ccc(OCc3c(-c4c(Cl)cccc4Cl)noc3C3CC3)cc2Cl)c1F. The molecule has 0 radical (unpaired) electrons. The summed E-state index contributed by atoms with van der Waals surface area (Å²) < 4.78 is 26.0. The Hall–Kier alpha value is -3.50. The third-order valence-corrected chi connectivity index (χ3v) is 6.79. The van der Waals surface area contributed by atoms with Crippen LogP contribution >= 0.6 is 34.8 Å². The van der Waals surface area contributed by atoms with Crippen LogP contribution in [0.2, 0.25) is 15.1 Å². The fourth-order valence-corrected chi connectivity index (χ4v) is 4.61. The molecule has 5 nitrogen and oxygen atoms in total. The Labute approximate surface area is 226 Å². The number of halogens is 4. The Kier molecular flexibility index (Phi) is 7.12. The number of carbonyl (C=O) groups is 1. The van der Waals surface area contributed by atoms with Crippen molar-refractivity contribution in [2.24, 2.45) is 0 Å². The second-order valence-corrected chi connectivity index (χ2v) is 9.62. The monoisotopic (exact) mass is 555 g/mol. The van der Waals surface area contributed by atoms with Gasteiger partial charge >= 0.3 is 5.97 Å². The van der Waals surface area contributed by atoms with Gasteiger partial charge in [-0.3, -0.25) is 0 Å². The van der Waals surface area contributed by atoms with E-state index in [0.29, 0.717) is 37.6 Å². The zero-order valence-electron chi connectivity index (χ0n) is 19.0. The molecule has 37 heavy (non-hydrogen) atoms. The van der Waals surface area contributed by atoms with Crippen molar-refractivity contribution in [3.05, 3.63) is 103 Å². The van der Waals surface area contributed by atoms with E-state index < -0.39 is 17.3 Å². The Morgan fingerprint density at radius 2 is 1.73 bits per heavy atom. The first kappa shape index (κ1) is 25.2. The van der Waals surface area contributed by atoms with E-state index in [1.807, 2.05) is 0 Å². The normalized spacial score (nSPS) is 12.6. The number of hydrogen-bond acceptors (Lipinski definition) is 4. The number of carboxylic acids is 1. The first-order valence-electron chi connectivity index (χ1n) is 11.2. The smallest absolute Gasteiger partial charge is 0.338 e. The Bertz CT molecular complexity index is 1560. The average molecular weight is 557 g/mol. The number of aromatic nitrogens is 1. The highest BCUT2D eigenvalue weighted by atomic mass is 35.5. The zero-order valence-corrected chi connectivity index (χ0v) is 21.3. The molecular formula is C28H17Cl3FNO4. The molecule has 3 aromatic carbocycles. The summed E-state index contributed by atoms with van der Waals surface area (Å²) in [7, 11) is 0. The van der Waals surface area contributed by atoms with Crippen LogP contribution in [0.4, 0.5) is 4.39 Å². The quantitative estimate of drug-likeness (QED) is 0.244. The van der Waals surface area contributed by atoms with Crippen molar-refractivity contribution >= 4 is 40.8 Å². The lowest BCUT2D eigenvalue weighted by atomic mass is 10.0. The van der Waals surface area contributed by atoms with Crippen molar-refractivity contribution < 1.29 is 23.6 Å². The first-order valence-corrected chi connectivity index (χ1v) is 12.4. The van der Waals surface area contributed by atoms with Crippen molar-refractivity contribution in [1.82, 2.24) is 5.16 Å². The van der Waals surface area contributed by atoms with E-state index >= 15 is 0 Å². The van der Waals surface area contributed by atoms with Gasteiger partial charge in [-0.2, -0.15) is 0 Å². The number of hydrogen-bond donors (Lipinski definition) is 1. The summed E-state index contributed by atoms with van der Waals surface area (Å²) in [4.78, 5) is 11.1. The Morgan fingerprint density at radius 1 is 1.03 bits per heavy atom. The van der Waals surface area contributed by atoms with Gasteiger partial charge in [-0.15, -0.1) is 0 Å². The molecule has 1 aliphatic carbocycles. The maximum atomic E-state index is 14.4. The van der Waals surface area contributed by atoms with Gasteiger partial charge in [0, 0.05) is 23.1 Å². The lowest BCUT2D eigenvalue weighted by Crippen LogP contribution is -2.01. The van der Waals surface area contributed by atoms with Crippen LogP contribution in [0.3, 0.4) is 0 Å². The van der Waals surface area contributed by atoms with E-state index in [4.69, 9.17) is 49.2 Å². The van der Waals surface area contributed by atoms with Crippen molar-refractivity contribution in [2.45, 2.75) is 25.4 Å². The molecule has 0 bridgehead atoms. The van der Waals surface area contributed by atoms with Gasteiger partial charge in [0.05, 0.1) is 31.8 Å². The molecule has 0 aliphatic heterocycles. The van der Waals surface area contributed by atoms with Gasteiger partial charge in [0.1, 0.15) is 23.8 Å². The molecule has 1 heterocycles. The molecule has 1 N–H and O–H groups in total. The molecule has 0 saturated heterocycles. The molecule has 0 unspecified atom stereocenters. The van der Waals surface area contributed by atoms with E-state index in [0.717, 1.165) is 24.2 Å². The fraction of sp³-hybridized carbons (Fsp3) is 0.143. The molecule has 1 saturated carbocycles. The molecule has 0 amide bonds. The van der Waals surface area contributed by atoms with Gasteiger partial charge < -0.3 is 14.4 Å². The van der Waals surface area contributed by atoms with Gasteiger partial charge in [-0.05, 0) is 49.2 Å². The predicted octanol–water partition coefficient (Wildman–Crippen LogP) is 8.00. The van der Waals surface area contributed by atoms with Crippen molar-refractivity contribution in [3.63, 3.8) is 0 Å². The number of ether oxygens (including phenoxy) is 1. The fourth-order valence-electron chi connectivity index (χ4n) is 3.82. The van der Waals surface area contributed by atoms with E-state index in [2.05, 4.69) is 17.0 Å². The summed E-state index contributed by atoms with van der Waals surface area (Å²) in [5.41, 5.74) is 1.84. The topological polar surface area (TPSA) is 72.6 Å². The maximum Gasteiger partial charge on any atom is 0.338 e. The minimum Gasteiger partial charge on any atom is -0.489 e. The molecule has 9 heteroatoms. The van der Waals surface area contributed by atoms with Gasteiger partial charge in [-0.25, -0.2) is 9.18 Å². The van der Waals surface area contributed by atoms with E-state index in [-0.39, 0.29) is 18.1 Å². The lowest BCUT2D eigenvalue weighted by Gasteiger charge is -2.10. The van der Waals surface area contributed by atoms with Crippen LogP contribution < -0.4 is 4.74 Å². The van der Waals surface area contributed by atoms with Crippen molar-refractivity contribution in [2.75, 3.05) is 0 Å². The number of carboxylic acid groups (broad SMARTS) is 1.